The van der Waals surface area contributed by atoms with E-state index < -0.39 is 0 Å². The molecule has 0 aliphatic rings. The maximum Gasteiger partial charge on any atom is 0.155 e. The van der Waals surface area contributed by atoms with Crippen LogP contribution in [-0.4, -0.2) is 23.0 Å². The largest absolute Gasteiger partial charge is 0.412 e. The Hall–Kier alpha value is -0.410. The standard InChI is InChI=1S/C3H6O2.H2O/c1-3(5)2-4;/h4H,2H2,1H3;1H2. The maximum atomic E-state index is 9.56. The molecule has 0 rings (SSSR count). The Bertz CT molecular complexity index is 41.3. The average molecular weight is 92.1 g/mol. The Morgan fingerprint density at radius 1 is 1.83 bits per heavy atom. The van der Waals surface area contributed by atoms with Crippen molar-refractivity contribution < 1.29 is 15.4 Å². The molecule has 0 unspecified atom stereocenters. The molecular weight excluding hydrogens is 84.0 g/mol. The first-order valence-corrected chi connectivity index (χ1v) is 1.37. The fourth-order valence-electron chi connectivity index (χ4n) is 0. The number of Topliss-reactive ketones (excluding diaryl/α,β-unsaturated/α-hetero) is 1. The lowest BCUT2D eigenvalue weighted by atomic mass is 10.5. The van der Waals surface area contributed by atoms with Crippen LogP contribution in [-0.2, 0) is 4.79 Å². The van der Waals surface area contributed by atoms with Crippen molar-refractivity contribution in [1.82, 2.24) is 0 Å². The van der Waals surface area contributed by atoms with Crippen LogP contribution in [0.5, 0.6) is 0 Å². The van der Waals surface area contributed by atoms with Crippen LogP contribution >= 0.6 is 0 Å². The van der Waals surface area contributed by atoms with Crippen molar-refractivity contribution in [3.05, 3.63) is 0 Å². The summed E-state index contributed by atoms with van der Waals surface area (Å²) >= 11 is 0. The normalized spacial score (nSPS) is 6.33. The summed E-state index contributed by atoms with van der Waals surface area (Å²) in [5.41, 5.74) is 0. The van der Waals surface area contributed by atoms with Gasteiger partial charge in [-0.1, -0.05) is 0 Å². The van der Waals surface area contributed by atoms with Gasteiger partial charge in [0.1, 0.15) is 6.61 Å². The fourth-order valence-corrected chi connectivity index (χ4v) is 0. The van der Waals surface area contributed by atoms with Crippen molar-refractivity contribution in [2.75, 3.05) is 6.61 Å². The summed E-state index contributed by atoms with van der Waals surface area (Å²) in [7, 11) is 0. The number of carbonyl (C=O) groups is 1. The molecule has 0 radical (unpaired) electrons. The second-order valence-corrected chi connectivity index (χ2v) is 0.860. The van der Waals surface area contributed by atoms with Crippen molar-refractivity contribution in [1.29, 1.82) is 0 Å². The van der Waals surface area contributed by atoms with E-state index in [1.807, 2.05) is 0 Å². The molecule has 0 saturated heterocycles. The molecule has 0 aromatic rings. The third-order valence-electron chi connectivity index (χ3n) is 0.223. The Balaban J connectivity index is 0. The van der Waals surface area contributed by atoms with Gasteiger partial charge in [-0.05, 0) is 6.92 Å². The summed E-state index contributed by atoms with van der Waals surface area (Å²) in [6, 6.07) is 0. The van der Waals surface area contributed by atoms with Gasteiger partial charge in [-0.3, -0.25) is 4.79 Å². The number of hydrogen-bond donors (Lipinski definition) is 1. The van der Waals surface area contributed by atoms with Gasteiger partial charge in [-0.25, -0.2) is 0 Å². The van der Waals surface area contributed by atoms with Gasteiger partial charge in [0.25, 0.3) is 0 Å². The maximum absolute atomic E-state index is 9.56. The highest BCUT2D eigenvalue weighted by Gasteiger charge is 1.78. The van der Waals surface area contributed by atoms with Crippen molar-refractivity contribution in [2.45, 2.75) is 6.92 Å². The zero-order valence-corrected chi connectivity index (χ0v) is 3.56. The first-order valence-electron chi connectivity index (χ1n) is 1.37. The van der Waals surface area contributed by atoms with E-state index in [0.717, 1.165) is 0 Å². The van der Waals surface area contributed by atoms with E-state index in [-0.39, 0.29) is 17.9 Å². The molecule has 0 heterocycles. The van der Waals surface area contributed by atoms with Crippen LogP contribution in [0, 0.1) is 0 Å². The molecule has 0 spiro atoms. The fraction of sp³-hybridized carbons (Fsp3) is 0.667. The molecule has 0 aromatic carbocycles. The number of hydrogen-bond acceptors (Lipinski definition) is 2. The zero-order chi connectivity index (χ0) is 4.28. The van der Waals surface area contributed by atoms with E-state index in [4.69, 9.17) is 5.11 Å². The molecule has 0 saturated carbocycles. The molecule has 0 atom stereocenters. The zero-order valence-electron chi connectivity index (χ0n) is 3.56. The quantitative estimate of drug-likeness (QED) is 0.438. The molecule has 6 heavy (non-hydrogen) atoms. The van der Waals surface area contributed by atoms with Crippen LogP contribution in [0.3, 0.4) is 0 Å². The van der Waals surface area contributed by atoms with Gasteiger partial charge in [-0.15, -0.1) is 0 Å². The minimum absolute atomic E-state index is 0. The smallest absolute Gasteiger partial charge is 0.155 e. The van der Waals surface area contributed by atoms with Crippen LogP contribution in [0.4, 0.5) is 0 Å². The predicted octanol–water partition coefficient (Wildman–Crippen LogP) is -1.26. The molecule has 0 aromatic heterocycles. The van der Waals surface area contributed by atoms with E-state index in [1.165, 1.54) is 6.92 Å². The van der Waals surface area contributed by atoms with Crippen molar-refractivity contribution in [2.24, 2.45) is 0 Å². The molecule has 0 fully saturated rings. The Kier molecular flexibility index (Phi) is 6.99. The minimum Gasteiger partial charge on any atom is -0.412 e. The number of aliphatic hydroxyl groups is 1. The highest BCUT2D eigenvalue weighted by Crippen LogP contribution is 1.55. The van der Waals surface area contributed by atoms with Crippen LogP contribution in [0.1, 0.15) is 6.92 Å². The van der Waals surface area contributed by atoms with Crippen molar-refractivity contribution in [3.8, 4) is 0 Å². The number of carbonyl (C=O) groups excluding carboxylic acids is 1. The first-order chi connectivity index (χ1) is 2.27. The van der Waals surface area contributed by atoms with Crippen LogP contribution < -0.4 is 0 Å². The summed E-state index contributed by atoms with van der Waals surface area (Å²) in [6.45, 7) is 1.000. The lowest BCUT2D eigenvalue weighted by molar-refractivity contribution is -0.119. The van der Waals surface area contributed by atoms with E-state index in [9.17, 15) is 4.79 Å². The second-order valence-electron chi connectivity index (χ2n) is 0.860. The summed E-state index contributed by atoms with van der Waals surface area (Å²) in [6.07, 6.45) is 0. The highest BCUT2D eigenvalue weighted by atomic mass is 16.3. The van der Waals surface area contributed by atoms with Gasteiger partial charge in [0.05, 0.1) is 0 Å². The molecular formula is C3H8O3. The van der Waals surface area contributed by atoms with Crippen LogP contribution in [0.2, 0.25) is 0 Å². The summed E-state index contributed by atoms with van der Waals surface area (Å²) < 4.78 is 0. The lowest BCUT2D eigenvalue weighted by Gasteiger charge is -1.72. The minimum atomic E-state index is -0.333. The predicted molar refractivity (Wildman–Crippen MR) is 21.4 cm³/mol. The molecule has 3 nitrogen and oxygen atoms in total. The highest BCUT2D eigenvalue weighted by molar-refractivity contribution is 5.76. The van der Waals surface area contributed by atoms with E-state index in [0.29, 0.717) is 0 Å². The van der Waals surface area contributed by atoms with E-state index in [1.54, 1.807) is 0 Å². The monoisotopic (exact) mass is 92.0 g/mol. The molecule has 0 amide bonds. The Labute approximate surface area is 35.9 Å². The SMILES string of the molecule is CC(=O)CO.O. The van der Waals surface area contributed by atoms with Gasteiger partial charge in [0.15, 0.2) is 5.78 Å². The molecule has 0 aliphatic heterocycles. The van der Waals surface area contributed by atoms with Crippen molar-refractivity contribution >= 4 is 5.78 Å². The van der Waals surface area contributed by atoms with Gasteiger partial charge < -0.3 is 10.6 Å². The second kappa shape index (κ2) is 4.59. The Morgan fingerprint density at radius 3 is 2.00 bits per heavy atom. The number of rotatable bonds is 1. The Morgan fingerprint density at radius 2 is 2.00 bits per heavy atom. The van der Waals surface area contributed by atoms with E-state index >= 15 is 0 Å². The molecule has 0 aliphatic carbocycles. The summed E-state index contributed by atoms with van der Waals surface area (Å²) in [5.74, 6) is -0.190. The number of ketones is 1. The van der Waals surface area contributed by atoms with Gasteiger partial charge >= 0.3 is 0 Å². The summed E-state index contributed by atoms with van der Waals surface area (Å²) in [4.78, 5) is 9.56. The van der Waals surface area contributed by atoms with Crippen LogP contribution in [0.25, 0.3) is 0 Å². The third-order valence-corrected chi connectivity index (χ3v) is 0.223. The summed E-state index contributed by atoms with van der Waals surface area (Å²) in [5, 5.41) is 7.79. The van der Waals surface area contributed by atoms with Gasteiger partial charge in [-0.2, -0.15) is 0 Å². The lowest BCUT2D eigenvalue weighted by Crippen LogP contribution is -1.93. The molecule has 3 N–H and O–H groups in total. The van der Waals surface area contributed by atoms with Gasteiger partial charge in [0, 0.05) is 0 Å². The topological polar surface area (TPSA) is 68.8 Å². The number of aliphatic hydroxyl groups excluding tert-OH is 1. The molecule has 38 valence electrons. The van der Waals surface area contributed by atoms with E-state index in [2.05, 4.69) is 0 Å². The van der Waals surface area contributed by atoms with Crippen molar-refractivity contribution in [3.63, 3.8) is 0 Å². The molecule has 3 heteroatoms. The first kappa shape index (κ1) is 9.14. The van der Waals surface area contributed by atoms with Gasteiger partial charge in [0.2, 0.25) is 0 Å². The third kappa shape index (κ3) is 9.53. The average Bonchev–Trinajstić information content (AvgIpc) is 1.38. The molecule has 0 bridgehead atoms. The van der Waals surface area contributed by atoms with Crippen LogP contribution in [0.15, 0.2) is 0 Å².